The normalized spacial score (nSPS) is 10.5. The third kappa shape index (κ3) is 4.18. The molecule has 0 saturated carbocycles. The third-order valence-electron chi connectivity index (χ3n) is 3.74. The maximum absolute atomic E-state index is 12.3. The summed E-state index contributed by atoms with van der Waals surface area (Å²) in [6, 6.07) is 18.3. The molecule has 4 nitrogen and oxygen atoms in total. The van der Waals surface area contributed by atoms with E-state index in [-0.39, 0.29) is 11.7 Å². The molecule has 0 atom stereocenters. The minimum absolute atomic E-state index is 0.166. The monoisotopic (exact) mass is 385 g/mol. The van der Waals surface area contributed by atoms with Crippen LogP contribution in [-0.4, -0.2) is 24.7 Å². The first-order valence-electron chi connectivity index (χ1n) is 7.87. The summed E-state index contributed by atoms with van der Waals surface area (Å²) < 4.78 is 4.69. The lowest BCUT2D eigenvalue weighted by molar-refractivity contribution is -0.113. The number of nitrogens with one attached hydrogen (secondary N) is 1. The Morgan fingerprint density at radius 3 is 2.58 bits per heavy atom. The molecule has 1 amide bonds. The van der Waals surface area contributed by atoms with Gasteiger partial charge in [-0.25, -0.2) is 4.79 Å². The number of anilines is 1. The minimum atomic E-state index is -0.444. The number of methoxy groups -OCH3 is 1. The number of benzene rings is 3. The number of hydrogen-bond donors (Lipinski definition) is 1. The van der Waals surface area contributed by atoms with Gasteiger partial charge in [-0.05, 0) is 35.7 Å². The summed E-state index contributed by atoms with van der Waals surface area (Å²) in [6.07, 6.45) is 0. The summed E-state index contributed by atoms with van der Waals surface area (Å²) in [6.45, 7) is 0. The molecule has 6 heteroatoms. The van der Waals surface area contributed by atoms with Crippen LogP contribution in [-0.2, 0) is 9.53 Å². The van der Waals surface area contributed by atoms with Gasteiger partial charge in [-0.2, -0.15) is 0 Å². The Bertz CT molecular complexity index is 969. The van der Waals surface area contributed by atoms with Crippen molar-refractivity contribution in [2.45, 2.75) is 4.90 Å². The average Bonchev–Trinajstić information content (AvgIpc) is 2.66. The summed E-state index contributed by atoms with van der Waals surface area (Å²) in [5, 5.41) is 5.44. The summed E-state index contributed by atoms with van der Waals surface area (Å²) in [4.78, 5) is 24.8. The standard InChI is InChI=1S/C20H16ClNO3S/c1-25-20(24)14-7-2-8-15(11-14)22-18(23)12-26-17-10-4-6-13-5-3-9-16(21)19(13)17/h2-11H,12H2,1H3,(H,22,23). The topological polar surface area (TPSA) is 55.4 Å². The second-order valence-corrected chi connectivity index (χ2v) is 6.93. The molecule has 0 aromatic heterocycles. The Morgan fingerprint density at radius 1 is 1.08 bits per heavy atom. The fourth-order valence-corrected chi connectivity index (χ4v) is 3.81. The van der Waals surface area contributed by atoms with Crippen molar-refractivity contribution in [1.29, 1.82) is 0 Å². The summed E-state index contributed by atoms with van der Waals surface area (Å²) in [7, 11) is 1.32. The Kier molecular flexibility index (Phi) is 5.81. The van der Waals surface area contributed by atoms with Gasteiger partial charge in [-0.15, -0.1) is 11.8 Å². The molecule has 132 valence electrons. The van der Waals surface area contributed by atoms with Gasteiger partial charge in [0.05, 0.1) is 18.4 Å². The van der Waals surface area contributed by atoms with Gasteiger partial charge in [0.25, 0.3) is 0 Å². The van der Waals surface area contributed by atoms with E-state index in [0.717, 1.165) is 15.7 Å². The first-order valence-corrected chi connectivity index (χ1v) is 9.23. The number of thioether (sulfide) groups is 1. The van der Waals surface area contributed by atoms with Crippen LogP contribution in [0.1, 0.15) is 10.4 Å². The Balaban J connectivity index is 1.70. The minimum Gasteiger partial charge on any atom is -0.465 e. The van der Waals surface area contributed by atoms with Crippen molar-refractivity contribution in [3.05, 3.63) is 71.2 Å². The highest BCUT2D eigenvalue weighted by Crippen LogP contribution is 2.33. The van der Waals surface area contributed by atoms with Gasteiger partial charge < -0.3 is 10.1 Å². The Labute approximate surface area is 160 Å². The van der Waals surface area contributed by atoms with Crippen LogP contribution in [0.25, 0.3) is 10.8 Å². The number of hydrogen-bond acceptors (Lipinski definition) is 4. The van der Waals surface area contributed by atoms with Crippen molar-refractivity contribution >= 4 is 51.7 Å². The van der Waals surface area contributed by atoms with Gasteiger partial charge in [0.15, 0.2) is 0 Å². The third-order valence-corrected chi connectivity index (χ3v) is 5.11. The maximum Gasteiger partial charge on any atom is 0.337 e. The highest BCUT2D eigenvalue weighted by atomic mass is 35.5. The van der Waals surface area contributed by atoms with Crippen molar-refractivity contribution in [1.82, 2.24) is 0 Å². The largest absolute Gasteiger partial charge is 0.465 e. The second-order valence-electron chi connectivity index (χ2n) is 5.50. The van der Waals surface area contributed by atoms with Crippen LogP contribution in [0.15, 0.2) is 65.6 Å². The molecule has 0 heterocycles. The molecule has 0 fully saturated rings. The van der Waals surface area contributed by atoms with Crippen LogP contribution in [0.4, 0.5) is 5.69 Å². The molecule has 0 spiro atoms. The van der Waals surface area contributed by atoms with E-state index >= 15 is 0 Å². The van der Waals surface area contributed by atoms with Crippen LogP contribution >= 0.6 is 23.4 Å². The van der Waals surface area contributed by atoms with Crippen molar-refractivity contribution < 1.29 is 14.3 Å². The predicted octanol–water partition coefficient (Wildman–Crippen LogP) is 5.01. The summed E-state index contributed by atoms with van der Waals surface area (Å²) in [5.41, 5.74) is 0.938. The lowest BCUT2D eigenvalue weighted by atomic mass is 10.1. The molecule has 1 N–H and O–H groups in total. The number of fused-ring (bicyclic) bond motifs is 1. The fraction of sp³-hybridized carbons (Fsp3) is 0.100. The van der Waals surface area contributed by atoms with Gasteiger partial charge >= 0.3 is 5.97 Å². The van der Waals surface area contributed by atoms with Crippen molar-refractivity contribution in [3.8, 4) is 0 Å². The Morgan fingerprint density at radius 2 is 1.81 bits per heavy atom. The van der Waals surface area contributed by atoms with Crippen LogP contribution in [0, 0.1) is 0 Å². The number of rotatable bonds is 5. The van der Waals surface area contributed by atoms with E-state index < -0.39 is 5.97 Å². The van der Waals surface area contributed by atoms with Crippen LogP contribution in [0.2, 0.25) is 5.02 Å². The van der Waals surface area contributed by atoms with Crippen LogP contribution < -0.4 is 5.32 Å². The molecule has 0 aliphatic rings. The van der Waals surface area contributed by atoms with Gasteiger partial charge in [0.2, 0.25) is 5.91 Å². The molecule has 0 aliphatic carbocycles. The van der Waals surface area contributed by atoms with Gasteiger partial charge in [0, 0.05) is 21.0 Å². The number of carbonyl (C=O) groups is 2. The zero-order valence-corrected chi connectivity index (χ0v) is 15.6. The average molecular weight is 386 g/mol. The molecule has 3 aromatic rings. The molecule has 0 aliphatic heterocycles. The highest BCUT2D eigenvalue weighted by Gasteiger charge is 2.10. The maximum atomic E-state index is 12.3. The zero-order chi connectivity index (χ0) is 18.5. The zero-order valence-electron chi connectivity index (χ0n) is 14.0. The number of ether oxygens (including phenoxy) is 1. The number of halogens is 1. The van der Waals surface area contributed by atoms with E-state index in [1.807, 2.05) is 36.4 Å². The predicted molar refractivity (Wildman–Crippen MR) is 106 cm³/mol. The van der Waals surface area contributed by atoms with Crippen LogP contribution in [0.3, 0.4) is 0 Å². The van der Waals surface area contributed by atoms with Crippen molar-refractivity contribution in [2.24, 2.45) is 0 Å². The van der Waals surface area contributed by atoms with Gasteiger partial charge in [-0.3, -0.25) is 4.79 Å². The van der Waals surface area contributed by atoms with E-state index in [0.29, 0.717) is 16.3 Å². The lowest BCUT2D eigenvalue weighted by Gasteiger charge is -2.09. The summed E-state index contributed by atoms with van der Waals surface area (Å²) in [5.74, 6) is -0.380. The SMILES string of the molecule is COC(=O)c1cccc(NC(=O)CSc2cccc3cccc(Cl)c23)c1. The lowest BCUT2D eigenvalue weighted by Crippen LogP contribution is -2.14. The Hall–Kier alpha value is -2.50. The molecule has 26 heavy (non-hydrogen) atoms. The van der Waals surface area contributed by atoms with E-state index in [1.54, 1.807) is 24.3 Å². The molecule has 0 radical (unpaired) electrons. The van der Waals surface area contributed by atoms with Gasteiger partial charge in [-0.1, -0.05) is 41.9 Å². The number of carbonyl (C=O) groups excluding carboxylic acids is 2. The first-order chi connectivity index (χ1) is 12.6. The first kappa shape index (κ1) is 18.3. The quantitative estimate of drug-likeness (QED) is 0.495. The molecule has 3 rings (SSSR count). The van der Waals surface area contributed by atoms with E-state index in [4.69, 9.17) is 11.6 Å². The second kappa shape index (κ2) is 8.25. The molecular weight excluding hydrogens is 370 g/mol. The number of esters is 1. The van der Waals surface area contributed by atoms with Gasteiger partial charge in [0.1, 0.15) is 0 Å². The number of amides is 1. The molecule has 0 unspecified atom stereocenters. The molecule has 0 saturated heterocycles. The highest BCUT2D eigenvalue weighted by molar-refractivity contribution is 8.00. The van der Waals surface area contributed by atoms with E-state index in [2.05, 4.69) is 10.1 Å². The smallest absolute Gasteiger partial charge is 0.337 e. The van der Waals surface area contributed by atoms with E-state index in [1.165, 1.54) is 18.9 Å². The molecular formula is C20H16ClNO3S. The molecule has 0 bridgehead atoms. The van der Waals surface area contributed by atoms with Crippen molar-refractivity contribution in [2.75, 3.05) is 18.2 Å². The fourth-order valence-electron chi connectivity index (χ4n) is 2.56. The summed E-state index contributed by atoms with van der Waals surface area (Å²) >= 11 is 7.73. The van der Waals surface area contributed by atoms with E-state index in [9.17, 15) is 9.59 Å². The van der Waals surface area contributed by atoms with Crippen LogP contribution in [0.5, 0.6) is 0 Å². The van der Waals surface area contributed by atoms with Crippen molar-refractivity contribution in [3.63, 3.8) is 0 Å². The molecule has 3 aromatic carbocycles.